The summed E-state index contributed by atoms with van der Waals surface area (Å²) in [5.74, 6) is 1.47. The van der Waals surface area contributed by atoms with E-state index >= 15 is 0 Å². The van der Waals surface area contributed by atoms with Gasteiger partial charge in [0.25, 0.3) is 0 Å². The molecule has 8 heteroatoms. The minimum atomic E-state index is -0.977. The molecule has 2 amide bonds. The molecule has 0 spiro atoms. The summed E-state index contributed by atoms with van der Waals surface area (Å²) in [4.78, 5) is 40.0. The summed E-state index contributed by atoms with van der Waals surface area (Å²) in [6, 6.07) is 9.44. The summed E-state index contributed by atoms with van der Waals surface area (Å²) >= 11 is 0. The highest BCUT2D eigenvalue weighted by Gasteiger charge is 2.31. The smallest absolute Gasteiger partial charge is 0.407 e. The molecule has 1 N–H and O–H groups in total. The lowest BCUT2D eigenvalue weighted by Gasteiger charge is -2.25. The van der Waals surface area contributed by atoms with Gasteiger partial charge in [0.05, 0.1) is 19.9 Å². The standard InChI is InChI=1S/C27H32N2O6/c1-34-23-8-5-6-18(26(23)35-2)11-14-28(27(32)33)13-4-3-7-22(30)21-16-19-9-10-24(31)29-15-12-20(17-21)25(19)29/h5-6,8,16-17H,3-4,7,9-15H2,1-2H3,(H,32,33). The first-order chi connectivity index (χ1) is 16.9. The second-order valence-electron chi connectivity index (χ2n) is 8.99. The van der Waals surface area contributed by atoms with Crippen LogP contribution in [0.25, 0.3) is 0 Å². The third-order valence-electron chi connectivity index (χ3n) is 6.86. The van der Waals surface area contributed by atoms with Crippen molar-refractivity contribution in [1.29, 1.82) is 0 Å². The molecule has 2 heterocycles. The van der Waals surface area contributed by atoms with Crippen molar-refractivity contribution < 1.29 is 29.0 Å². The van der Waals surface area contributed by atoms with E-state index in [0.717, 1.165) is 28.8 Å². The number of ketones is 1. The predicted octanol–water partition coefficient (Wildman–Crippen LogP) is 4.11. The number of hydrogen-bond acceptors (Lipinski definition) is 5. The zero-order valence-electron chi connectivity index (χ0n) is 20.3. The molecule has 35 heavy (non-hydrogen) atoms. The Morgan fingerprint density at radius 2 is 1.80 bits per heavy atom. The summed E-state index contributed by atoms with van der Waals surface area (Å²) in [7, 11) is 3.14. The van der Waals surface area contributed by atoms with Gasteiger partial charge in [0.2, 0.25) is 5.91 Å². The number of amides is 2. The summed E-state index contributed by atoms with van der Waals surface area (Å²) in [6.07, 6.45) is 3.09. The van der Waals surface area contributed by atoms with Gasteiger partial charge in [0, 0.05) is 38.0 Å². The number of para-hydroxylation sites is 1. The first-order valence-corrected chi connectivity index (χ1v) is 12.1. The third kappa shape index (κ3) is 5.26. The Balaban J connectivity index is 1.30. The van der Waals surface area contributed by atoms with E-state index in [9.17, 15) is 19.5 Å². The van der Waals surface area contributed by atoms with Gasteiger partial charge < -0.3 is 24.4 Å². The van der Waals surface area contributed by atoms with Crippen molar-refractivity contribution in [2.24, 2.45) is 0 Å². The predicted molar refractivity (Wildman–Crippen MR) is 132 cm³/mol. The molecular formula is C27H32N2O6. The molecule has 4 rings (SSSR count). The molecule has 0 aromatic heterocycles. The van der Waals surface area contributed by atoms with E-state index in [1.807, 2.05) is 29.2 Å². The number of anilines is 1. The molecule has 0 bridgehead atoms. The Morgan fingerprint density at radius 3 is 2.51 bits per heavy atom. The molecule has 0 saturated carbocycles. The molecule has 2 aromatic rings. The molecule has 0 aliphatic carbocycles. The average molecular weight is 481 g/mol. The van der Waals surface area contributed by atoms with Gasteiger partial charge in [-0.05, 0) is 67.0 Å². The van der Waals surface area contributed by atoms with Crippen molar-refractivity contribution in [2.75, 3.05) is 38.8 Å². The van der Waals surface area contributed by atoms with Crippen molar-refractivity contribution in [3.63, 3.8) is 0 Å². The summed E-state index contributed by atoms with van der Waals surface area (Å²) in [6.45, 7) is 1.39. The quantitative estimate of drug-likeness (QED) is 0.384. The third-order valence-corrected chi connectivity index (χ3v) is 6.86. The number of benzene rings is 2. The van der Waals surface area contributed by atoms with Crippen LogP contribution in [0.5, 0.6) is 11.5 Å². The number of rotatable bonds is 11. The Morgan fingerprint density at radius 1 is 1.03 bits per heavy atom. The van der Waals surface area contributed by atoms with Gasteiger partial charge in [0.15, 0.2) is 17.3 Å². The zero-order chi connectivity index (χ0) is 24.9. The number of Topliss-reactive ketones (excluding diaryl/α,β-unsaturated/α-hetero) is 1. The maximum atomic E-state index is 12.9. The highest BCUT2D eigenvalue weighted by molar-refractivity contribution is 6.02. The van der Waals surface area contributed by atoms with Gasteiger partial charge >= 0.3 is 6.09 Å². The average Bonchev–Trinajstić information content (AvgIpc) is 3.30. The van der Waals surface area contributed by atoms with Crippen LogP contribution in [0.2, 0.25) is 0 Å². The van der Waals surface area contributed by atoms with Crippen molar-refractivity contribution >= 4 is 23.5 Å². The number of hydrogen-bond donors (Lipinski definition) is 1. The van der Waals surface area contributed by atoms with Crippen LogP contribution in [0.3, 0.4) is 0 Å². The van der Waals surface area contributed by atoms with Crippen LogP contribution in [-0.4, -0.2) is 61.6 Å². The maximum Gasteiger partial charge on any atom is 0.407 e. The summed E-state index contributed by atoms with van der Waals surface area (Å²) in [5, 5.41) is 9.63. The minimum Gasteiger partial charge on any atom is -0.493 e. The first kappa shape index (κ1) is 24.6. The number of carboxylic acid groups (broad SMARTS) is 1. The van der Waals surface area contributed by atoms with E-state index in [0.29, 0.717) is 75.2 Å². The second kappa shape index (κ2) is 10.8. The molecule has 186 valence electrons. The van der Waals surface area contributed by atoms with Crippen molar-refractivity contribution in [3.8, 4) is 11.5 Å². The monoisotopic (exact) mass is 480 g/mol. The summed E-state index contributed by atoms with van der Waals surface area (Å²) < 4.78 is 10.8. The van der Waals surface area contributed by atoms with Crippen molar-refractivity contribution in [2.45, 2.75) is 44.9 Å². The Bertz CT molecular complexity index is 1130. The van der Waals surface area contributed by atoms with Gasteiger partial charge in [-0.2, -0.15) is 0 Å². The Hall–Kier alpha value is -3.55. The lowest BCUT2D eigenvalue weighted by molar-refractivity contribution is -0.118. The van der Waals surface area contributed by atoms with E-state index in [4.69, 9.17) is 9.47 Å². The highest BCUT2D eigenvalue weighted by atomic mass is 16.5. The number of methoxy groups -OCH3 is 2. The van der Waals surface area contributed by atoms with E-state index in [-0.39, 0.29) is 11.7 Å². The maximum absolute atomic E-state index is 12.9. The molecule has 2 aromatic carbocycles. The molecule has 2 aliphatic heterocycles. The van der Waals surface area contributed by atoms with Crippen LogP contribution < -0.4 is 14.4 Å². The number of carbonyl (C=O) groups excluding carboxylic acids is 2. The fourth-order valence-corrected chi connectivity index (χ4v) is 5.06. The van der Waals surface area contributed by atoms with E-state index in [2.05, 4.69) is 0 Å². The molecule has 0 radical (unpaired) electrons. The molecule has 8 nitrogen and oxygen atoms in total. The fourth-order valence-electron chi connectivity index (χ4n) is 5.06. The van der Waals surface area contributed by atoms with Crippen LogP contribution in [0.15, 0.2) is 30.3 Å². The number of unbranched alkanes of at least 4 members (excludes halogenated alkanes) is 1. The number of nitrogens with zero attached hydrogens (tertiary/aromatic N) is 2. The van der Waals surface area contributed by atoms with Gasteiger partial charge in [-0.3, -0.25) is 9.59 Å². The highest BCUT2D eigenvalue weighted by Crippen LogP contribution is 2.37. The fraction of sp³-hybridized carbons (Fsp3) is 0.444. The van der Waals surface area contributed by atoms with E-state index in [1.165, 1.54) is 4.90 Å². The Labute approximate surface area is 205 Å². The molecule has 2 aliphatic rings. The molecule has 0 fully saturated rings. The SMILES string of the molecule is COc1cccc(CCN(CCCCC(=O)c2cc3c4c(c2)CCN4C(=O)CC3)C(=O)O)c1OC. The summed E-state index contributed by atoms with van der Waals surface area (Å²) in [5.41, 5.74) is 4.78. The van der Waals surface area contributed by atoms with Gasteiger partial charge in [0.1, 0.15) is 0 Å². The van der Waals surface area contributed by atoms with E-state index < -0.39 is 6.09 Å². The van der Waals surface area contributed by atoms with Crippen LogP contribution in [0.4, 0.5) is 10.5 Å². The minimum absolute atomic E-state index is 0.0717. The van der Waals surface area contributed by atoms with Gasteiger partial charge in [-0.25, -0.2) is 4.79 Å². The molecule has 0 unspecified atom stereocenters. The van der Waals surface area contributed by atoms with E-state index in [1.54, 1.807) is 20.3 Å². The second-order valence-corrected chi connectivity index (χ2v) is 8.99. The van der Waals surface area contributed by atoms with Gasteiger partial charge in [-0.1, -0.05) is 12.1 Å². The molecule has 0 atom stereocenters. The molecular weight excluding hydrogens is 448 g/mol. The normalized spacial score (nSPS) is 14.0. The lowest BCUT2D eigenvalue weighted by atomic mass is 9.94. The van der Waals surface area contributed by atoms with Crippen LogP contribution in [0, 0.1) is 0 Å². The van der Waals surface area contributed by atoms with Crippen molar-refractivity contribution in [1.82, 2.24) is 4.90 Å². The largest absolute Gasteiger partial charge is 0.493 e. The van der Waals surface area contributed by atoms with Crippen LogP contribution in [-0.2, 0) is 24.1 Å². The van der Waals surface area contributed by atoms with Crippen LogP contribution >= 0.6 is 0 Å². The van der Waals surface area contributed by atoms with Gasteiger partial charge in [-0.15, -0.1) is 0 Å². The number of carbonyl (C=O) groups is 3. The molecule has 0 saturated heterocycles. The Kier molecular flexibility index (Phi) is 7.58. The first-order valence-electron chi connectivity index (χ1n) is 12.1. The van der Waals surface area contributed by atoms with Crippen molar-refractivity contribution in [3.05, 3.63) is 52.6 Å². The lowest BCUT2D eigenvalue weighted by Crippen LogP contribution is -2.33. The zero-order valence-corrected chi connectivity index (χ0v) is 20.3. The topological polar surface area (TPSA) is 96.4 Å². The number of ether oxygens (including phenoxy) is 2. The van der Waals surface area contributed by atoms with Crippen LogP contribution in [0.1, 0.15) is 52.7 Å². The number of aryl methyl sites for hydroxylation is 1.